The predicted molar refractivity (Wildman–Crippen MR) is 124 cm³/mol. The Morgan fingerprint density at radius 3 is 2.42 bits per heavy atom. The van der Waals surface area contributed by atoms with E-state index in [-0.39, 0.29) is 6.03 Å². The Hall–Kier alpha value is -3.32. The second kappa shape index (κ2) is 9.66. The summed E-state index contributed by atoms with van der Waals surface area (Å²) in [5.41, 5.74) is 2.85. The van der Waals surface area contributed by atoms with E-state index in [9.17, 15) is 4.79 Å². The standard InChI is InChI=1S/C23H24ClN5O2/c1-31-21-10-8-18(15-19(21)24)26-23(30)25-17-7-5-6-16(14-17)20-9-11-22(28-27-20)29-12-3-2-4-13-29/h5-11,14-15H,2-4,12-13H2,1H3,(H2,25,26,30). The van der Waals surface area contributed by atoms with Gasteiger partial charge in [-0.25, -0.2) is 4.79 Å². The van der Waals surface area contributed by atoms with Gasteiger partial charge in [0.15, 0.2) is 5.82 Å². The van der Waals surface area contributed by atoms with Crippen molar-refractivity contribution in [2.24, 2.45) is 0 Å². The number of methoxy groups -OCH3 is 1. The van der Waals surface area contributed by atoms with E-state index in [0.29, 0.717) is 22.1 Å². The molecule has 2 heterocycles. The number of halogens is 1. The van der Waals surface area contributed by atoms with Crippen molar-refractivity contribution in [1.29, 1.82) is 0 Å². The summed E-state index contributed by atoms with van der Waals surface area (Å²) in [7, 11) is 1.54. The summed E-state index contributed by atoms with van der Waals surface area (Å²) in [4.78, 5) is 14.7. The molecule has 0 spiro atoms. The number of ether oxygens (including phenoxy) is 1. The average Bonchev–Trinajstić information content (AvgIpc) is 2.80. The molecule has 1 aromatic heterocycles. The number of hydrogen-bond acceptors (Lipinski definition) is 5. The van der Waals surface area contributed by atoms with E-state index in [1.807, 2.05) is 36.4 Å². The minimum Gasteiger partial charge on any atom is -0.495 e. The van der Waals surface area contributed by atoms with Crippen LogP contribution < -0.4 is 20.3 Å². The first-order valence-corrected chi connectivity index (χ1v) is 10.6. The molecule has 0 radical (unpaired) electrons. The van der Waals surface area contributed by atoms with Crippen LogP contribution in [0.25, 0.3) is 11.3 Å². The van der Waals surface area contributed by atoms with Crippen molar-refractivity contribution in [3.63, 3.8) is 0 Å². The van der Waals surface area contributed by atoms with E-state index in [1.54, 1.807) is 25.3 Å². The van der Waals surface area contributed by atoms with E-state index in [1.165, 1.54) is 19.3 Å². The Kier molecular flexibility index (Phi) is 6.52. The number of nitrogens with zero attached hydrogens (tertiary/aromatic N) is 3. The number of aromatic nitrogens is 2. The van der Waals surface area contributed by atoms with Crippen LogP contribution >= 0.6 is 11.6 Å². The molecule has 3 aromatic rings. The van der Waals surface area contributed by atoms with Gasteiger partial charge in [-0.1, -0.05) is 23.7 Å². The van der Waals surface area contributed by atoms with E-state index in [0.717, 1.165) is 30.2 Å². The van der Waals surface area contributed by atoms with Crippen molar-refractivity contribution in [2.75, 3.05) is 35.7 Å². The Morgan fingerprint density at radius 1 is 0.968 bits per heavy atom. The number of rotatable bonds is 5. The maximum atomic E-state index is 12.4. The summed E-state index contributed by atoms with van der Waals surface area (Å²) in [6.45, 7) is 2.06. The fourth-order valence-electron chi connectivity index (χ4n) is 3.56. The van der Waals surface area contributed by atoms with Crippen molar-refractivity contribution in [3.8, 4) is 17.0 Å². The van der Waals surface area contributed by atoms with Gasteiger partial charge >= 0.3 is 6.03 Å². The molecule has 4 rings (SSSR count). The third-order valence-electron chi connectivity index (χ3n) is 5.16. The average molecular weight is 438 g/mol. The number of hydrogen-bond donors (Lipinski definition) is 2. The SMILES string of the molecule is COc1ccc(NC(=O)Nc2cccc(-c3ccc(N4CCCCC4)nn3)c2)cc1Cl. The highest BCUT2D eigenvalue weighted by Crippen LogP contribution is 2.27. The number of carbonyl (C=O) groups excluding carboxylic acids is 1. The highest BCUT2D eigenvalue weighted by Gasteiger charge is 2.13. The van der Waals surface area contributed by atoms with Crippen LogP contribution in [0.3, 0.4) is 0 Å². The number of benzene rings is 2. The summed E-state index contributed by atoms with van der Waals surface area (Å²) in [5, 5.41) is 14.8. The van der Waals surface area contributed by atoms with Crippen LogP contribution in [0.5, 0.6) is 5.75 Å². The lowest BCUT2D eigenvalue weighted by molar-refractivity contribution is 0.262. The second-order valence-corrected chi connectivity index (χ2v) is 7.74. The van der Waals surface area contributed by atoms with Gasteiger partial charge in [0.1, 0.15) is 5.75 Å². The molecule has 0 atom stereocenters. The van der Waals surface area contributed by atoms with E-state index >= 15 is 0 Å². The van der Waals surface area contributed by atoms with Crippen molar-refractivity contribution in [2.45, 2.75) is 19.3 Å². The molecule has 1 saturated heterocycles. The lowest BCUT2D eigenvalue weighted by atomic mass is 10.1. The molecule has 160 valence electrons. The Bertz CT molecular complexity index is 1050. The van der Waals surface area contributed by atoms with E-state index in [2.05, 4.69) is 25.7 Å². The molecule has 1 aliphatic rings. The van der Waals surface area contributed by atoms with Crippen LogP contribution in [0.2, 0.25) is 5.02 Å². The predicted octanol–water partition coefficient (Wildman–Crippen LogP) is 5.44. The molecule has 2 aromatic carbocycles. The third kappa shape index (κ3) is 5.24. The van der Waals surface area contributed by atoms with Gasteiger partial charge in [-0.3, -0.25) is 0 Å². The molecular formula is C23H24ClN5O2. The first-order valence-electron chi connectivity index (χ1n) is 10.2. The van der Waals surface area contributed by atoms with E-state index in [4.69, 9.17) is 16.3 Å². The van der Waals surface area contributed by atoms with Crippen LogP contribution in [0.4, 0.5) is 22.0 Å². The van der Waals surface area contributed by atoms with Gasteiger partial charge in [0.05, 0.1) is 17.8 Å². The zero-order chi connectivity index (χ0) is 21.6. The quantitative estimate of drug-likeness (QED) is 0.555. The summed E-state index contributed by atoms with van der Waals surface area (Å²) in [6, 6.07) is 16.2. The maximum Gasteiger partial charge on any atom is 0.323 e. The number of carbonyl (C=O) groups is 1. The summed E-state index contributed by atoms with van der Waals surface area (Å²) in [6.07, 6.45) is 3.67. The lowest BCUT2D eigenvalue weighted by Crippen LogP contribution is -2.30. The zero-order valence-electron chi connectivity index (χ0n) is 17.3. The number of piperidine rings is 1. The van der Waals surface area contributed by atoms with Crippen LogP contribution in [0.1, 0.15) is 19.3 Å². The first-order chi connectivity index (χ1) is 15.1. The van der Waals surface area contributed by atoms with Crippen LogP contribution in [0.15, 0.2) is 54.6 Å². The topological polar surface area (TPSA) is 79.4 Å². The summed E-state index contributed by atoms with van der Waals surface area (Å²) < 4.78 is 5.12. The molecule has 0 aliphatic carbocycles. The molecule has 2 N–H and O–H groups in total. The number of nitrogens with one attached hydrogen (secondary N) is 2. The van der Waals surface area contributed by atoms with E-state index < -0.39 is 0 Å². The lowest BCUT2D eigenvalue weighted by Gasteiger charge is -2.27. The molecule has 2 amide bonds. The minimum absolute atomic E-state index is 0.370. The largest absolute Gasteiger partial charge is 0.495 e. The minimum atomic E-state index is -0.370. The molecule has 8 heteroatoms. The highest BCUT2D eigenvalue weighted by molar-refractivity contribution is 6.32. The molecule has 31 heavy (non-hydrogen) atoms. The monoisotopic (exact) mass is 437 g/mol. The van der Waals surface area contributed by atoms with Gasteiger partial charge in [0, 0.05) is 30.0 Å². The van der Waals surface area contributed by atoms with Gasteiger partial charge in [0.2, 0.25) is 0 Å². The fourth-order valence-corrected chi connectivity index (χ4v) is 3.82. The molecule has 0 saturated carbocycles. The molecule has 0 unspecified atom stereocenters. The summed E-state index contributed by atoms with van der Waals surface area (Å²) >= 11 is 6.11. The third-order valence-corrected chi connectivity index (χ3v) is 5.45. The molecule has 1 fully saturated rings. The fraction of sp³-hybridized carbons (Fsp3) is 0.261. The number of amides is 2. The highest BCUT2D eigenvalue weighted by atomic mass is 35.5. The zero-order valence-corrected chi connectivity index (χ0v) is 18.0. The first kappa shape index (κ1) is 20.9. The molecular weight excluding hydrogens is 414 g/mol. The van der Waals surface area contributed by atoms with Crippen LogP contribution in [-0.4, -0.2) is 36.4 Å². The maximum absolute atomic E-state index is 12.4. The molecule has 1 aliphatic heterocycles. The van der Waals surface area contributed by atoms with Gasteiger partial charge in [-0.05, 0) is 61.7 Å². The Labute approximate surface area is 186 Å². The van der Waals surface area contributed by atoms with Crippen molar-refractivity contribution < 1.29 is 9.53 Å². The Balaban J connectivity index is 1.42. The van der Waals surface area contributed by atoms with Crippen molar-refractivity contribution >= 4 is 34.8 Å². The van der Waals surface area contributed by atoms with Crippen LogP contribution in [0, 0.1) is 0 Å². The van der Waals surface area contributed by atoms with Gasteiger partial charge in [-0.2, -0.15) is 0 Å². The number of urea groups is 1. The Morgan fingerprint density at radius 2 is 1.74 bits per heavy atom. The smallest absolute Gasteiger partial charge is 0.323 e. The molecule has 0 bridgehead atoms. The van der Waals surface area contributed by atoms with Gasteiger partial charge in [0.25, 0.3) is 0 Å². The number of anilines is 3. The normalized spacial score (nSPS) is 13.5. The summed E-state index contributed by atoms with van der Waals surface area (Å²) in [5.74, 6) is 1.46. The van der Waals surface area contributed by atoms with Gasteiger partial charge < -0.3 is 20.3 Å². The van der Waals surface area contributed by atoms with Crippen LogP contribution in [-0.2, 0) is 0 Å². The van der Waals surface area contributed by atoms with Crippen molar-refractivity contribution in [3.05, 3.63) is 59.6 Å². The second-order valence-electron chi connectivity index (χ2n) is 7.33. The van der Waals surface area contributed by atoms with Gasteiger partial charge in [-0.15, -0.1) is 10.2 Å². The van der Waals surface area contributed by atoms with Crippen molar-refractivity contribution in [1.82, 2.24) is 10.2 Å². The molecule has 7 nitrogen and oxygen atoms in total.